The van der Waals surface area contributed by atoms with Gasteiger partial charge in [-0.3, -0.25) is 0 Å². The molecule has 0 bridgehead atoms. The first kappa shape index (κ1) is 15.0. The maximum absolute atomic E-state index is 12.3. The zero-order valence-electron chi connectivity index (χ0n) is 13.0. The highest BCUT2D eigenvalue weighted by Crippen LogP contribution is 2.26. The smallest absolute Gasteiger partial charge is 0.342 e. The molecule has 6 nitrogen and oxygen atoms in total. The Kier molecular flexibility index (Phi) is 3.70. The Morgan fingerprint density at radius 2 is 1.84 bits per heavy atom. The number of phenols is 1. The number of hydrogen-bond donors (Lipinski definition) is 1. The van der Waals surface area contributed by atoms with Crippen molar-refractivity contribution in [2.24, 2.45) is 0 Å². The van der Waals surface area contributed by atoms with Gasteiger partial charge in [-0.1, -0.05) is 29.4 Å². The quantitative estimate of drug-likeness (QED) is 0.564. The maximum atomic E-state index is 12.3. The Balaban J connectivity index is 1.50. The third kappa shape index (κ3) is 2.97. The van der Waals surface area contributed by atoms with Crippen LogP contribution >= 0.6 is 0 Å². The van der Waals surface area contributed by atoms with Gasteiger partial charge in [0.15, 0.2) is 5.76 Å². The second kappa shape index (κ2) is 6.16. The number of ether oxygens (including phenoxy) is 1. The Hall–Kier alpha value is -3.54. The van der Waals surface area contributed by atoms with Crippen LogP contribution in [0.3, 0.4) is 0 Å². The Morgan fingerprint density at radius 3 is 2.60 bits per heavy atom. The van der Waals surface area contributed by atoms with Gasteiger partial charge in [0.1, 0.15) is 23.6 Å². The van der Waals surface area contributed by atoms with Gasteiger partial charge >= 0.3 is 5.97 Å². The monoisotopic (exact) mass is 335 g/mol. The summed E-state index contributed by atoms with van der Waals surface area (Å²) >= 11 is 0. The van der Waals surface area contributed by atoms with E-state index in [0.29, 0.717) is 17.2 Å². The minimum absolute atomic E-state index is 0.0741. The number of furan rings is 1. The molecule has 4 rings (SSSR count). The van der Waals surface area contributed by atoms with Crippen molar-refractivity contribution in [2.75, 3.05) is 0 Å². The number of esters is 1. The molecule has 0 amide bonds. The number of aromatic nitrogens is 1. The molecule has 4 aromatic rings. The molecule has 6 heteroatoms. The van der Waals surface area contributed by atoms with E-state index in [1.54, 1.807) is 24.3 Å². The minimum atomic E-state index is -0.634. The van der Waals surface area contributed by atoms with Crippen LogP contribution < -0.4 is 0 Å². The van der Waals surface area contributed by atoms with Gasteiger partial charge in [-0.25, -0.2) is 4.79 Å². The highest BCUT2D eigenvalue weighted by atomic mass is 16.5. The van der Waals surface area contributed by atoms with E-state index < -0.39 is 5.97 Å². The predicted octanol–water partition coefficient (Wildman–Crippen LogP) is 4.15. The normalized spacial score (nSPS) is 10.9. The van der Waals surface area contributed by atoms with Crippen LogP contribution in [-0.2, 0) is 11.3 Å². The van der Waals surface area contributed by atoms with Gasteiger partial charge in [-0.15, -0.1) is 0 Å². The number of nitrogens with zero attached hydrogens (tertiary/aromatic N) is 1. The van der Waals surface area contributed by atoms with Crippen LogP contribution in [-0.4, -0.2) is 16.2 Å². The molecule has 0 aliphatic rings. The molecule has 0 aliphatic heterocycles. The van der Waals surface area contributed by atoms with Crippen LogP contribution in [0, 0.1) is 0 Å². The topological polar surface area (TPSA) is 85.7 Å². The first-order chi connectivity index (χ1) is 12.2. The molecule has 0 atom stereocenters. The molecule has 0 spiro atoms. The van der Waals surface area contributed by atoms with E-state index >= 15 is 0 Å². The molecule has 0 saturated carbocycles. The minimum Gasteiger partial charge on any atom is -0.507 e. The molecule has 2 aromatic heterocycles. The first-order valence-corrected chi connectivity index (χ1v) is 7.59. The molecule has 0 radical (unpaired) electrons. The van der Waals surface area contributed by atoms with Gasteiger partial charge in [-0.2, -0.15) is 0 Å². The first-order valence-electron chi connectivity index (χ1n) is 7.59. The Labute approximate surface area is 142 Å². The van der Waals surface area contributed by atoms with E-state index in [1.807, 2.05) is 24.3 Å². The number of benzene rings is 2. The van der Waals surface area contributed by atoms with Gasteiger partial charge in [0, 0.05) is 6.07 Å². The summed E-state index contributed by atoms with van der Waals surface area (Å²) in [6.45, 7) is -0.0741. The summed E-state index contributed by atoms with van der Waals surface area (Å²) in [5.74, 6) is 0.229. The number of rotatable bonds is 4. The van der Waals surface area contributed by atoms with E-state index in [-0.39, 0.29) is 17.9 Å². The summed E-state index contributed by atoms with van der Waals surface area (Å²) in [5, 5.41) is 15.6. The molecule has 0 fully saturated rings. The highest BCUT2D eigenvalue weighted by molar-refractivity contribution is 5.98. The largest absolute Gasteiger partial charge is 0.507 e. The SMILES string of the molecule is O=C(OCc1cc(-c2ccco2)on1)c1cc2ccccc2cc1O. The molecular weight excluding hydrogens is 322 g/mol. The standard InChI is InChI=1S/C19H13NO5/c21-16-9-13-5-2-1-4-12(13)8-15(16)19(22)24-11-14-10-18(25-20-14)17-6-3-7-23-17/h1-10,21H,11H2. The molecular formula is C19H13NO5. The van der Waals surface area contributed by atoms with Crippen LogP contribution in [0.25, 0.3) is 22.3 Å². The number of fused-ring (bicyclic) bond motifs is 1. The maximum Gasteiger partial charge on any atom is 0.342 e. The van der Waals surface area contributed by atoms with E-state index in [0.717, 1.165) is 10.8 Å². The lowest BCUT2D eigenvalue weighted by molar-refractivity contribution is 0.0461. The molecule has 1 N–H and O–H groups in total. The number of carbonyl (C=O) groups is 1. The van der Waals surface area contributed by atoms with E-state index in [1.165, 1.54) is 12.3 Å². The summed E-state index contributed by atoms with van der Waals surface area (Å²) in [6.07, 6.45) is 1.53. The Bertz CT molecular complexity index is 1030. The van der Waals surface area contributed by atoms with Crippen LogP contribution in [0.1, 0.15) is 16.1 Å². The third-order valence-electron chi connectivity index (χ3n) is 3.76. The van der Waals surface area contributed by atoms with E-state index in [9.17, 15) is 9.90 Å². The summed E-state index contributed by atoms with van der Waals surface area (Å²) in [5.41, 5.74) is 0.550. The molecule has 0 saturated heterocycles. The number of aromatic hydroxyl groups is 1. The number of hydrogen-bond acceptors (Lipinski definition) is 6. The fourth-order valence-corrected chi connectivity index (χ4v) is 2.52. The fourth-order valence-electron chi connectivity index (χ4n) is 2.52. The van der Waals surface area contributed by atoms with Crippen molar-refractivity contribution in [2.45, 2.75) is 6.61 Å². The van der Waals surface area contributed by atoms with Crippen molar-refractivity contribution in [1.29, 1.82) is 0 Å². The van der Waals surface area contributed by atoms with Crippen molar-refractivity contribution in [3.63, 3.8) is 0 Å². The second-order valence-corrected chi connectivity index (χ2v) is 5.45. The summed E-state index contributed by atoms with van der Waals surface area (Å²) in [6, 6.07) is 15.7. The fraction of sp³-hybridized carbons (Fsp3) is 0.0526. The predicted molar refractivity (Wildman–Crippen MR) is 88.9 cm³/mol. The van der Waals surface area contributed by atoms with Gasteiger partial charge in [0.05, 0.1) is 6.26 Å². The molecule has 25 heavy (non-hydrogen) atoms. The zero-order chi connectivity index (χ0) is 17.2. The molecule has 2 aromatic carbocycles. The highest BCUT2D eigenvalue weighted by Gasteiger charge is 2.16. The number of phenolic OH excluding ortho intramolecular Hbond substituents is 1. The van der Waals surface area contributed by atoms with Crippen molar-refractivity contribution in [1.82, 2.24) is 5.16 Å². The van der Waals surface area contributed by atoms with Crippen LogP contribution in [0.4, 0.5) is 0 Å². The van der Waals surface area contributed by atoms with E-state index in [4.69, 9.17) is 13.7 Å². The van der Waals surface area contributed by atoms with Gasteiger partial charge in [0.25, 0.3) is 0 Å². The lowest BCUT2D eigenvalue weighted by Crippen LogP contribution is -2.05. The Morgan fingerprint density at radius 1 is 1.04 bits per heavy atom. The summed E-state index contributed by atoms with van der Waals surface area (Å²) in [7, 11) is 0. The zero-order valence-corrected chi connectivity index (χ0v) is 13.0. The molecule has 124 valence electrons. The van der Waals surface area contributed by atoms with Crippen molar-refractivity contribution in [3.8, 4) is 17.3 Å². The van der Waals surface area contributed by atoms with E-state index in [2.05, 4.69) is 5.16 Å². The summed E-state index contributed by atoms with van der Waals surface area (Å²) in [4.78, 5) is 12.3. The van der Waals surface area contributed by atoms with Crippen molar-refractivity contribution in [3.05, 3.63) is 72.1 Å². The van der Waals surface area contributed by atoms with Crippen LogP contribution in [0.5, 0.6) is 5.75 Å². The van der Waals surface area contributed by atoms with Crippen LogP contribution in [0.2, 0.25) is 0 Å². The third-order valence-corrected chi connectivity index (χ3v) is 3.76. The van der Waals surface area contributed by atoms with Crippen molar-refractivity contribution >= 4 is 16.7 Å². The van der Waals surface area contributed by atoms with Crippen molar-refractivity contribution < 1.29 is 23.6 Å². The summed E-state index contributed by atoms with van der Waals surface area (Å²) < 4.78 is 15.6. The molecule has 0 unspecified atom stereocenters. The second-order valence-electron chi connectivity index (χ2n) is 5.45. The number of carbonyl (C=O) groups excluding carboxylic acids is 1. The van der Waals surface area contributed by atoms with Gasteiger partial charge in [0.2, 0.25) is 5.76 Å². The van der Waals surface area contributed by atoms with Gasteiger partial charge < -0.3 is 18.8 Å². The molecule has 0 aliphatic carbocycles. The lowest BCUT2D eigenvalue weighted by atomic mass is 10.1. The average Bonchev–Trinajstić information content (AvgIpc) is 3.30. The lowest BCUT2D eigenvalue weighted by Gasteiger charge is -2.06. The average molecular weight is 335 g/mol. The van der Waals surface area contributed by atoms with Crippen LogP contribution in [0.15, 0.2) is 69.8 Å². The molecule has 2 heterocycles. The van der Waals surface area contributed by atoms with Gasteiger partial charge in [-0.05, 0) is 35.0 Å².